The molecule has 1 saturated heterocycles. The van der Waals surface area contributed by atoms with Crippen molar-refractivity contribution in [2.75, 3.05) is 14.2 Å². The fourth-order valence-corrected chi connectivity index (χ4v) is 3.21. The highest BCUT2D eigenvalue weighted by atomic mass is 79.9. The van der Waals surface area contributed by atoms with Gasteiger partial charge in [-0.05, 0) is 12.8 Å². The number of carbonyl (C=O) groups is 2. The van der Waals surface area contributed by atoms with E-state index in [-0.39, 0.29) is 29.1 Å². The lowest BCUT2D eigenvalue weighted by Crippen LogP contribution is -2.63. The quantitative estimate of drug-likeness (QED) is 0.677. The third-order valence-corrected chi connectivity index (χ3v) is 4.18. The molecule has 4 atom stereocenters. The lowest BCUT2D eigenvalue weighted by molar-refractivity contribution is -0.166. The van der Waals surface area contributed by atoms with Gasteiger partial charge in [-0.3, -0.25) is 9.59 Å². The Morgan fingerprint density at radius 3 is 1.59 bits per heavy atom. The summed E-state index contributed by atoms with van der Waals surface area (Å²) in [6, 6.07) is -0.371. The summed E-state index contributed by atoms with van der Waals surface area (Å²) >= 11 is 0. The number of rotatable bonds is 6. The zero-order valence-corrected chi connectivity index (χ0v) is 15.4. The van der Waals surface area contributed by atoms with Gasteiger partial charge in [0.15, 0.2) is 0 Å². The van der Waals surface area contributed by atoms with Crippen LogP contribution in [0.15, 0.2) is 0 Å². The fourth-order valence-electron chi connectivity index (χ4n) is 3.21. The van der Waals surface area contributed by atoms with Crippen molar-refractivity contribution < 1.29 is 24.2 Å². The highest BCUT2D eigenvalue weighted by Crippen LogP contribution is 2.32. The molecule has 2 N–H and O–H groups in total. The summed E-state index contributed by atoms with van der Waals surface area (Å²) in [4.78, 5) is 24.0. The van der Waals surface area contributed by atoms with E-state index in [1.54, 1.807) is 0 Å². The van der Waals surface area contributed by atoms with Crippen molar-refractivity contribution in [1.29, 1.82) is 0 Å². The topological polar surface area (TPSA) is 84.9 Å². The molecule has 7 heteroatoms. The average Bonchev–Trinajstić information content (AvgIpc) is 2.46. The maximum Gasteiger partial charge on any atom is 0.312 e. The number of halogens is 1. The summed E-state index contributed by atoms with van der Waals surface area (Å²) in [6.45, 7) is 4.03. The molecular formula is C15H28BrNO5. The Labute approximate surface area is 142 Å². The third-order valence-electron chi connectivity index (χ3n) is 4.18. The Bertz CT molecular complexity index is 334. The minimum atomic E-state index is -1.08. The summed E-state index contributed by atoms with van der Waals surface area (Å²) in [5, 5.41) is 13.9. The second kappa shape index (κ2) is 10.2. The van der Waals surface area contributed by atoms with Crippen LogP contribution in [0.3, 0.4) is 0 Å². The van der Waals surface area contributed by atoms with Crippen LogP contribution in [0.1, 0.15) is 39.5 Å². The maximum absolute atomic E-state index is 12.0. The van der Waals surface area contributed by atoms with E-state index in [1.165, 1.54) is 14.2 Å². The summed E-state index contributed by atoms with van der Waals surface area (Å²) in [7, 11) is 2.59. The second-order valence-corrected chi connectivity index (χ2v) is 5.55. The maximum atomic E-state index is 12.0. The molecule has 6 nitrogen and oxygen atoms in total. The molecule has 0 saturated carbocycles. The van der Waals surface area contributed by atoms with Crippen LogP contribution in [0.25, 0.3) is 0 Å². The van der Waals surface area contributed by atoms with Crippen LogP contribution in [-0.4, -0.2) is 49.5 Å². The molecule has 2 unspecified atom stereocenters. The van der Waals surface area contributed by atoms with Crippen LogP contribution in [0.5, 0.6) is 0 Å². The molecule has 0 aliphatic carbocycles. The molecule has 1 aliphatic heterocycles. The predicted octanol–water partition coefficient (Wildman–Crippen LogP) is 1.44. The number of aliphatic hydroxyl groups excluding tert-OH is 1. The van der Waals surface area contributed by atoms with E-state index in [0.717, 1.165) is 25.7 Å². The van der Waals surface area contributed by atoms with E-state index < -0.39 is 29.9 Å². The van der Waals surface area contributed by atoms with Crippen molar-refractivity contribution in [3.05, 3.63) is 0 Å². The van der Waals surface area contributed by atoms with Crippen LogP contribution in [0, 0.1) is 11.8 Å². The minimum Gasteiger partial charge on any atom is -0.469 e. The normalized spacial score (nSPS) is 31.0. The molecule has 0 spiro atoms. The SMILES string of the molecule is Br.CCC[C@H]1N[C@H](CCC)C(C(=O)OC)C(O)C1C(=O)OC. The zero-order chi connectivity index (χ0) is 16.0. The second-order valence-electron chi connectivity index (χ2n) is 5.55. The molecule has 0 aromatic rings. The first-order valence-corrected chi connectivity index (χ1v) is 7.61. The summed E-state index contributed by atoms with van der Waals surface area (Å²) in [6.07, 6.45) is 2.15. The molecule has 1 rings (SSSR count). The number of esters is 2. The lowest BCUT2D eigenvalue weighted by atomic mass is 9.75. The van der Waals surface area contributed by atoms with Crippen molar-refractivity contribution in [1.82, 2.24) is 5.32 Å². The number of methoxy groups -OCH3 is 2. The van der Waals surface area contributed by atoms with E-state index in [0.29, 0.717) is 0 Å². The van der Waals surface area contributed by atoms with Gasteiger partial charge < -0.3 is 19.9 Å². The summed E-state index contributed by atoms with van der Waals surface area (Å²) < 4.78 is 9.61. The zero-order valence-electron chi connectivity index (χ0n) is 13.7. The number of nitrogens with one attached hydrogen (secondary N) is 1. The molecule has 0 bridgehead atoms. The highest BCUT2D eigenvalue weighted by Gasteiger charge is 2.50. The first-order chi connectivity index (χ1) is 10.0. The molecule has 1 heterocycles. The number of ether oxygens (including phenoxy) is 2. The van der Waals surface area contributed by atoms with E-state index in [4.69, 9.17) is 9.47 Å². The van der Waals surface area contributed by atoms with Crippen LogP contribution in [0.2, 0.25) is 0 Å². The number of piperidine rings is 1. The Balaban J connectivity index is 0.00000441. The lowest BCUT2D eigenvalue weighted by Gasteiger charge is -2.43. The van der Waals surface area contributed by atoms with E-state index in [9.17, 15) is 14.7 Å². The number of hydrogen-bond donors (Lipinski definition) is 2. The molecule has 1 fully saturated rings. The van der Waals surface area contributed by atoms with Gasteiger partial charge in [-0.2, -0.15) is 0 Å². The van der Waals surface area contributed by atoms with Crippen LogP contribution in [0.4, 0.5) is 0 Å². The Morgan fingerprint density at radius 1 is 0.955 bits per heavy atom. The van der Waals surface area contributed by atoms with Crippen LogP contribution >= 0.6 is 17.0 Å². The fraction of sp³-hybridized carbons (Fsp3) is 0.867. The van der Waals surface area contributed by atoms with Gasteiger partial charge >= 0.3 is 11.9 Å². The molecule has 0 aromatic carbocycles. The smallest absolute Gasteiger partial charge is 0.312 e. The number of hydrogen-bond acceptors (Lipinski definition) is 6. The molecular weight excluding hydrogens is 354 g/mol. The predicted molar refractivity (Wildman–Crippen MR) is 87.9 cm³/mol. The number of carbonyl (C=O) groups excluding carboxylic acids is 2. The molecule has 0 radical (unpaired) electrons. The molecule has 0 amide bonds. The van der Waals surface area contributed by atoms with Gasteiger partial charge in [0.2, 0.25) is 0 Å². The standard InChI is InChI=1S/C15H27NO5.BrH/c1-5-7-9-11(14(18)20-3)13(17)12(15(19)21-4)10(16-9)8-6-2;/h9-13,16-17H,5-8H2,1-4H3;1H/t9-,10-,11?,12?,13?;/m1./s1. The highest BCUT2D eigenvalue weighted by molar-refractivity contribution is 8.93. The van der Waals surface area contributed by atoms with E-state index >= 15 is 0 Å². The summed E-state index contributed by atoms with van der Waals surface area (Å²) in [5.41, 5.74) is 0. The van der Waals surface area contributed by atoms with Crippen molar-refractivity contribution in [2.45, 2.75) is 57.7 Å². The largest absolute Gasteiger partial charge is 0.469 e. The van der Waals surface area contributed by atoms with Gasteiger partial charge in [0.25, 0.3) is 0 Å². The van der Waals surface area contributed by atoms with Crippen LogP contribution < -0.4 is 5.32 Å². The van der Waals surface area contributed by atoms with E-state index in [1.807, 2.05) is 13.8 Å². The average molecular weight is 382 g/mol. The Morgan fingerprint density at radius 2 is 1.32 bits per heavy atom. The van der Waals surface area contributed by atoms with Crippen molar-refractivity contribution >= 4 is 28.9 Å². The Hall–Kier alpha value is -0.660. The van der Waals surface area contributed by atoms with E-state index in [2.05, 4.69) is 5.32 Å². The van der Waals surface area contributed by atoms with Gasteiger partial charge in [-0.15, -0.1) is 17.0 Å². The first-order valence-electron chi connectivity index (χ1n) is 7.61. The molecule has 22 heavy (non-hydrogen) atoms. The summed E-state index contributed by atoms with van der Waals surface area (Å²) in [5.74, 6) is -2.46. The molecule has 1 aliphatic rings. The van der Waals surface area contributed by atoms with Crippen LogP contribution in [-0.2, 0) is 19.1 Å². The Kier molecular flexibility index (Phi) is 9.87. The van der Waals surface area contributed by atoms with Gasteiger partial charge in [0.1, 0.15) is 0 Å². The molecule has 0 aromatic heterocycles. The molecule has 130 valence electrons. The van der Waals surface area contributed by atoms with Crippen molar-refractivity contribution in [3.8, 4) is 0 Å². The van der Waals surface area contributed by atoms with Crippen molar-refractivity contribution in [2.24, 2.45) is 11.8 Å². The minimum absolute atomic E-state index is 0. The van der Waals surface area contributed by atoms with Gasteiger partial charge in [0.05, 0.1) is 32.2 Å². The monoisotopic (exact) mass is 381 g/mol. The van der Waals surface area contributed by atoms with Gasteiger partial charge in [-0.1, -0.05) is 26.7 Å². The van der Waals surface area contributed by atoms with Gasteiger partial charge in [-0.25, -0.2) is 0 Å². The third kappa shape index (κ3) is 4.67. The van der Waals surface area contributed by atoms with Gasteiger partial charge in [0, 0.05) is 12.1 Å². The van der Waals surface area contributed by atoms with Crippen molar-refractivity contribution in [3.63, 3.8) is 0 Å². The number of aliphatic hydroxyl groups is 1. The first kappa shape index (κ1) is 21.3.